The second kappa shape index (κ2) is 5.85. The number of rotatable bonds is 2. The van der Waals surface area contributed by atoms with Crippen LogP contribution in [0.15, 0.2) is 40.9 Å². The van der Waals surface area contributed by atoms with Crippen LogP contribution in [-0.2, 0) is 0 Å². The van der Waals surface area contributed by atoms with Crippen LogP contribution in [0.1, 0.15) is 15.9 Å². The molecule has 2 N–H and O–H groups in total. The standard InChI is InChI=1S/C15H14BrClN2O/c1-9-7-10(16)3-5-12(9)15(20)19(2)14-8-11(17)4-6-13(14)18/h3-8H,18H2,1-2H3. The molecule has 0 saturated heterocycles. The minimum absolute atomic E-state index is 0.121. The molecule has 0 saturated carbocycles. The second-order valence-electron chi connectivity index (χ2n) is 4.53. The second-order valence-corrected chi connectivity index (χ2v) is 5.88. The molecule has 0 fully saturated rings. The highest BCUT2D eigenvalue weighted by molar-refractivity contribution is 9.10. The summed E-state index contributed by atoms with van der Waals surface area (Å²) in [5.74, 6) is -0.121. The van der Waals surface area contributed by atoms with Gasteiger partial charge in [-0.25, -0.2) is 0 Å². The van der Waals surface area contributed by atoms with E-state index in [-0.39, 0.29) is 5.91 Å². The third-order valence-electron chi connectivity index (χ3n) is 3.08. The van der Waals surface area contributed by atoms with Gasteiger partial charge < -0.3 is 10.6 Å². The number of benzene rings is 2. The Morgan fingerprint density at radius 2 is 1.95 bits per heavy atom. The monoisotopic (exact) mass is 352 g/mol. The Hall–Kier alpha value is -1.52. The molecule has 0 aliphatic heterocycles. The molecule has 2 aromatic rings. The minimum Gasteiger partial charge on any atom is -0.397 e. The van der Waals surface area contributed by atoms with Gasteiger partial charge in [0.05, 0.1) is 11.4 Å². The van der Waals surface area contributed by atoms with Gasteiger partial charge in [0.2, 0.25) is 0 Å². The number of nitrogens with zero attached hydrogens (tertiary/aromatic N) is 1. The summed E-state index contributed by atoms with van der Waals surface area (Å²) in [6.07, 6.45) is 0. The van der Waals surface area contributed by atoms with Gasteiger partial charge in [-0.15, -0.1) is 0 Å². The first-order chi connectivity index (χ1) is 9.40. The Labute approximate surface area is 131 Å². The number of carbonyl (C=O) groups excluding carboxylic acids is 1. The zero-order valence-corrected chi connectivity index (χ0v) is 13.5. The lowest BCUT2D eigenvalue weighted by Gasteiger charge is -2.20. The normalized spacial score (nSPS) is 10.4. The summed E-state index contributed by atoms with van der Waals surface area (Å²) in [6.45, 7) is 1.90. The van der Waals surface area contributed by atoms with Crippen molar-refractivity contribution in [2.75, 3.05) is 17.7 Å². The van der Waals surface area contributed by atoms with Gasteiger partial charge in [-0.1, -0.05) is 27.5 Å². The Kier molecular flexibility index (Phi) is 4.35. The Morgan fingerprint density at radius 1 is 1.25 bits per heavy atom. The van der Waals surface area contributed by atoms with Gasteiger partial charge in [-0.3, -0.25) is 4.79 Å². The predicted octanol–water partition coefficient (Wildman–Crippen LogP) is 4.27. The average molecular weight is 354 g/mol. The Morgan fingerprint density at radius 3 is 2.60 bits per heavy atom. The van der Waals surface area contributed by atoms with E-state index in [1.54, 1.807) is 31.3 Å². The predicted molar refractivity (Wildman–Crippen MR) is 87.5 cm³/mol. The quantitative estimate of drug-likeness (QED) is 0.820. The summed E-state index contributed by atoms with van der Waals surface area (Å²) in [7, 11) is 1.69. The van der Waals surface area contributed by atoms with E-state index in [0.717, 1.165) is 10.0 Å². The SMILES string of the molecule is Cc1cc(Br)ccc1C(=O)N(C)c1cc(Cl)ccc1N. The minimum atomic E-state index is -0.121. The molecule has 0 bridgehead atoms. The number of halogens is 2. The molecular weight excluding hydrogens is 340 g/mol. The third-order valence-corrected chi connectivity index (χ3v) is 3.81. The van der Waals surface area contributed by atoms with Crippen molar-refractivity contribution in [2.24, 2.45) is 0 Å². The lowest BCUT2D eigenvalue weighted by atomic mass is 10.1. The van der Waals surface area contributed by atoms with Gasteiger partial charge >= 0.3 is 0 Å². The fourth-order valence-corrected chi connectivity index (χ4v) is 2.61. The van der Waals surface area contributed by atoms with Crippen LogP contribution in [0.2, 0.25) is 5.02 Å². The molecule has 0 heterocycles. The molecule has 20 heavy (non-hydrogen) atoms. The van der Waals surface area contributed by atoms with Crippen molar-refractivity contribution in [2.45, 2.75) is 6.92 Å². The summed E-state index contributed by atoms with van der Waals surface area (Å²) in [5.41, 5.74) is 8.56. The number of amides is 1. The molecule has 0 aliphatic carbocycles. The van der Waals surface area contributed by atoms with Gasteiger partial charge in [0.1, 0.15) is 0 Å². The fourth-order valence-electron chi connectivity index (χ4n) is 1.96. The molecule has 0 radical (unpaired) electrons. The van der Waals surface area contributed by atoms with Crippen LogP contribution in [0.3, 0.4) is 0 Å². The summed E-state index contributed by atoms with van der Waals surface area (Å²) in [5, 5.41) is 0.543. The molecule has 0 aliphatic rings. The van der Waals surface area contributed by atoms with E-state index >= 15 is 0 Å². The number of carbonyl (C=O) groups is 1. The summed E-state index contributed by atoms with van der Waals surface area (Å²) in [4.78, 5) is 14.1. The molecular formula is C15H14BrClN2O. The topological polar surface area (TPSA) is 46.3 Å². The van der Waals surface area contributed by atoms with Gasteiger partial charge in [0.25, 0.3) is 5.91 Å². The van der Waals surface area contributed by atoms with E-state index in [2.05, 4.69) is 15.9 Å². The van der Waals surface area contributed by atoms with Crippen molar-refractivity contribution in [3.63, 3.8) is 0 Å². The van der Waals surface area contributed by atoms with Crippen LogP contribution in [0.4, 0.5) is 11.4 Å². The lowest BCUT2D eigenvalue weighted by molar-refractivity contribution is 0.0992. The molecule has 1 amide bonds. The van der Waals surface area contributed by atoms with Crippen molar-refractivity contribution in [1.82, 2.24) is 0 Å². The summed E-state index contributed by atoms with van der Waals surface area (Å²) >= 11 is 9.35. The highest BCUT2D eigenvalue weighted by atomic mass is 79.9. The highest BCUT2D eigenvalue weighted by Crippen LogP contribution is 2.28. The van der Waals surface area contributed by atoms with Crippen molar-refractivity contribution in [1.29, 1.82) is 0 Å². The number of anilines is 2. The van der Waals surface area contributed by atoms with Crippen LogP contribution < -0.4 is 10.6 Å². The Balaban J connectivity index is 2.40. The maximum atomic E-state index is 12.6. The van der Waals surface area contributed by atoms with Crippen LogP contribution in [0.25, 0.3) is 0 Å². The molecule has 0 unspecified atom stereocenters. The summed E-state index contributed by atoms with van der Waals surface area (Å²) < 4.78 is 0.941. The largest absolute Gasteiger partial charge is 0.397 e. The first-order valence-corrected chi connectivity index (χ1v) is 7.16. The third kappa shape index (κ3) is 2.97. The molecule has 0 spiro atoms. The van der Waals surface area contributed by atoms with Crippen molar-refractivity contribution < 1.29 is 4.79 Å². The van der Waals surface area contributed by atoms with Crippen LogP contribution in [-0.4, -0.2) is 13.0 Å². The number of nitrogens with two attached hydrogens (primary N) is 1. The number of hydrogen-bond donors (Lipinski definition) is 1. The zero-order valence-electron chi connectivity index (χ0n) is 11.2. The molecule has 3 nitrogen and oxygen atoms in total. The summed E-state index contributed by atoms with van der Waals surface area (Å²) in [6, 6.07) is 10.6. The van der Waals surface area contributed by atoms with Gasteiger partial charge in [-0.2, -0.15) is 0 Å². The molecule has 2 aromatic carbocycles. The van der Waals surface area contributed by atoms with E-state index in [9.17, 15) is 4.79 Å². The van der Waals surface area contributed by atoms with E-state index in [4.69, 9.17) is 17.3 Å². The molecule has 5 heteroatoms. The maximum absolute atomic E-state index is 12.6. The highest BCUT2D eigenvalue weighted by Gasteiger charge is 2.17. The first-order valence-electron chi connectivity index (χ1n) is 5.99. The van der Waals surface area contributed by atoms with Crippen molar-refractivity contribution in [3.05, 3.63) is 57.0 Å². The van der Waals surface area contributed by atoms with Crippen molar-refractivity contribution in [3.8, 4) is 0 Å². The number of hydrogen-bond acceptors (Lipinski definition) is 2. The van der Waals surface area contributed by atoms with Gasteiger partial charge in [0, 0.05) is 22.1 Å². The van der Waals surface area contributed by atoms with Gasteiger partial charge in [-0.05, 0) is 48.9 Å². The average Bonchev–Trinajstić information content (AvgIpc) is 2.40. The fraction of sp³-hybridized carbons (Fsp3) is 0.133. The van der Waals surface area contributed by atoms with Crippen LogP contribution >= 0.6 is 27.5 Å². The number of aryl methyl sites for hydroxylation is 1. The molecule has 0 atom stereocenters. The zero-order chi connectivity index (χ0) is 14.9. The maximum Gasteiger partial charge on any atom is 0.258 e. The Bertz CT molecular complexity index is 673. The van der Waals surface area contributed by atoms with Gasteiger partial charge in [0.15, 0.2) is 0 Å². The van der Waals surface area contributed by atoms with Crippen molar-refractivity contribution >= 4 is 44.8 Å². The van der Waals surface area contributed by atoms with E-state index in [1.165, 1.54) is 4.90 Å². The van der Waals surface area contributed by atoms with E-state index in [1.807, 2.05) is 19.1 Å². The van der Waals surface area contributed by atoms with Crippen LogP contribution in [0, 0.1) is 6.92 Å². The molecule has 0 aromatic heterocycles. The van der Waals surface area contributed by atoms with E-state index < -0.39 is 0 Å². The molecule has 104 valence electrons. The van der Waals surface area contributed by atoms with E-state index in [0.29, 0.717) is 22.0 Å². The molecule has 2 rings (SSSR count). The smallest absolute Gasteiger partial charge is 0.258 e. The number of nitrogen functional groups attached to an aromatic ring is 1. The first kappa shape index (κ1) is 14.9. The lowest BCUT2D eigenvalue weighted by Crippen LogP contribution is -2.27. The van der Waals surface area contributed by atoms with Crippen LogP contribution in [0.5, 0.6) is 0 Å².